The number of rotatable bonds is 7. The molecule has 2 aliphatic rings. The van der Waals surface area contributed by atoms with E-state index < -0.39 is 0 Å². The van der Waals surface area contributed by atoms with E-state index in [4.69, 9.17) is 4.74 Å². The maximum Gasteiger partial charge on any atom is 0.0576 e. The van der Waals surface area contributed by atoms with Crippen LogP contribution in [0.5, 0.6) is 0 Å². The van der Waals surface area contributed by atoms with Crippen LogP contribution < -0.4 is 5.32 Å². The van der Waals surface area contributed by atoms with Gasteiger partial charge in [-0.25, -0.2) is 0 Å². The van der Waals surface area contributed by atoms with Gasteiger partial charge in [-0.3, -0.25) is 4.90 Å². The molecule has 2 fully saturated rings. The fraction of sp³-hybridized carbons (Fsp3) is 1.00. The van der Waals surface area contributed by atoms with Gasteiger partial charge in [-0.15, -0.1) is 0 Å². The zero-order valence-corrected chi connectivity index (χ0v) is 13.8. The van der Waals surface area contributed by atoms with Crippen LogP contribution in [0.25, 0.3) is 0 Å². The fourth-order valence-corrected chi connectivity index (χ4v) is 3.66. The maximum atomic E-state index is 5.75. The molecule has 2 heterocycles. The average Bonchev–Trinajstić information content (AvgIpc) is 2.96. The molecule has 20 heavy (non-hydrogen) atoms. The number of hydrogen-bond acceptors (Lipinski definition) is 3. The summed E-state index contributed by atoms with van der Waals surface area (Å²) in [5.74, 6) is 0. The van der Waals surface area contributed by atoms with Crippen molar-refractivity contribution in [2.75, 3.05) is 26.2 Å². The second-order valence-corrected chi connectivity index (χ2v) is 6.94. The van der Waals surface area contributed by atoms with E-state index in [9.17, 15) is 0 Å². The van der Waals surface area contributed by atoms with E-state index in [0.717, 1.165) is 13.2 Å². The lowest BCUT2D eigenvalue weighted by Crippen LogP contribution is -2.63. The van der Waals surface area contributed by atoms with E-state index in [1.165, 1.54) is 58.0 Å². The molecule has 1 N–H and O–H groups in total. The molecule has 0 saturated carbocycles. The predicted octanol–water partition coefficient (Wildman–Crippen LogP) is 3.19. The normalized spacial score (nSPS) is 35.5. The van der Waals surface area contributed by atoms with Crippen molar-refractivity contribution in [1.29, 1.82) is 0 Å². The highest BCUT2D eigenvalue weighted by atomic mass is 16.5. The van der Waals surface area contributed by atoms with E-state index in [2.05, 4.69) is 31.0 Å². The standard InChI is InChI=1S/C17H34N2O/c1-4-8-15-13-19(17(3,5-2)14-18-15)11-6-9-16-10-7-12-20-16/h15-16,18H,4-14H2,1-3H3. The summed E-state index contributed by atoms with van der Waals surface area (Å²) in [7, 11) is 0. The summed E-state index contributed by atoms with van der Waals surface area (Å²) in [6.45, 7) is 11.6. The van der Waals surface area contributed by atoms with Crippen molar-refractivity contribution in [2.24, 2.45) is 0 Å². The summed E-state index contributed by atoms with van der Waals surface area (Å²) < 4.78 is 5.75. The van der Waals surface area contributed by atoms with Crippen molar-refractivity contribution in [3.8, 4) is 0 Å². The molecule has 3 atom stereocenters. The molecule has 2 saturated heterocycles. The van der Waals surface area contributed by atoms with Crippen LogP contribution in [0.4, 0.5) is 0 Å². The first-order chi connectivity index (χ1) is 9.68. The van der Waals surface area contributed by atoms with Crippen LogP contribution in [0.15, 0.2) is 0 Å². The Balaban J connectivity index is 1.80. The van der Waals surface area contributed by atoms with Crippen molar-refractivity contribution in [2.45, 2.75) is 83.4 Å². The lowest BCUT2D eigenvalue weighted by molar-refractivity contribution is 0.0386. The highest BCUT2D eigenvalue weighted by Gasteiger charge is 2.35. The Morgan fingerprint density at radius 3 is 2.80 bits per heavy atom. The lowest BCUT2D eigenvalue weighted by atomic mass is 9.90. The van der Waals surface area contributed by atoms with Crippen LogP contribution in [0.1, 0.15) is 65.7 Å². The minimum atomic E-state index is 0.348. The highest BCUT2D eigenvalue weighted by Crippen LogP contribution is 2.25. The molecular formula is C17H34N2O. The van der Waals surface area contributed by atoms with Gasteiger partial charge in [0.25, 0.3) is 0 Å². The molecule has 3 heteroatoms. The van der Waals surface area contributed by atoms with E-state index in [1.807, 2.05) is 0 Å². The van der Waals surface area contributed by atoms with Crippen molar-refractivity contribution in [1.82, 2.24) is 10.2 Å². The van der Waals surface area contributed by atoms with Crippen molar-refractivity contribution < 1.29 is 4.74 Å². The molecule has 2 rings (SSSR count). The molecule has 0 aromatic carbocycles. The van der Waals surface area contributed by atoms with E-state index >= 15 is 0 Å². The minimum absolute atomic E-state index is 0.348. The molecule has 0 radical (unpaired) electrons. The van der Waals surface area contributed by atoms with Gasteiger partial charge in [0.05, 0.1) is 6.10 Å². The van der Waals surface area contributed by atoms with E-state index in [1.54, 1.807) is 0 Å². The van der Waals surface area contributed by atoms with Gasteiger partial charge in [-0.05, 0) is 52.0 Å². The van der Waals surface area contributed by atoms with Crippen LogP contribution in [0, 0.1) is 0 Å². The molecule has 118 valence electrons. The Morgan fingerprint density at radius 2 is 2.15 bits per heavy atom. The summed E-state index contributed by atoms with van der Waals surface area (Å²) in [6.07, 6.45) is 9.47. The van der Waals surface area contributed by atoms with Crippen molar-refractivity contribution >= 4 is 0 Å². The Kier molecular flexibility index (Phi) is 6.31. The first kappa shape index (κ1) is 16.3. The van der Waals surface area contributed by atoms with Gasteiger partial charge in [0.2, 0.25) is 0 Å². The van der Waals surface area contributed by atoms with E-state index in [-0.39, 0.29) is 0 Å². The maximum absolute atomic E-state index is 5.75. The molecule has 0 bridgehead atoms. The molecule has 0 aromatic rings. The van der Waals surface area contributed by atoms with Gasteiger partial charge < -0.3 is 10.1 Å². The van der Waals surface area contributed by atoms with Gasteiger partial charge in [0.1, 0.15) is 0 Å². The highest BCUT2D eigenvalue weighted by molar-refractivity contribution is 4.95. The molecule has 0 amide bonds. The average molecular weight is 282 g/mol. The number of piperazine rings is 1. The van der Waals surface area contributed by atoms with Crippen LogP contribution in [-0.4, -0.2) is 48.8 Å². The molecule has 0 aliphatic carbocycles. The Hall–Kier alpha value is -0.120. The zero-order valence-electron chi connectivity index (χ0n) is 13.8. The Bertz CT molecular complexity index is 278. The summed E-state index contributed by atoms with van der Waals surface area (Å²) in [6, 6.07) is 0.697. The smallest absolute Gasteiger partial charge is 0.0576 e. The first-order valence-corrected chi connectivity index (χ1v) is 8.78. The second-order valence-electron chi connectivity index (χ2n) is 6.94. The predicted molar refractivity (Wildman–Crippen MR) is 85.2 cm³/mol. The Morgan fingerprint density at radius 1 is 1.30 bits per heavy atom. The van der Waals surface area contributed by atoms with Gasteiger partial charge in [-0.2, -0.15) is 0 Å². The van der Waals surface area contributed by atoms with Gasteiger partial charge >= 0.3 is 0 Å². The number of hydrogen-bond donors (Lipinski definition) is 1. The molecule has 2 aliphatic heterocycles. The molecule has 3 unspecified atom stereocenters. The van der Waals surface area contributed by atoms with E-state index in [0.29, 0.717) is 17.7 Å². The minimum Gasteiger partial charge on any atom is -0.378 e. The van der Waals surface area contributed by atoms with Gasteiger partial charge in [-0.1, -0.05) is 20.3 Å². The van der Waals surface area contributed by atoms with Crippen molar-refractivity contribution in [3.63, 3.8) is 0 Å². The summed E-state index contributed by atoms with van der Waals surface area (Å²) >= 11 is 0. The SMILES string of the molecule is CCCC1CN(CCCC2CCCO2)C(C)(CC)CN1. The van der Waals surface area contributed by atoms with Gasteiger partial charge in [0.15, 0.2) is 0 Å². The van der Waals surface area contributed by atoms with Gasteiger partial charge in [0, 0.05) is 31.3 Å². The Labute approximate surface area is 125 Å². The molecule has 3 nitrogen and oxygen atoms in total. The van der Waals surface area contributed by atoms with Crippen LogP contribution in [0.2, 0.25) is 0 Å². The third-order valence-corrected chi connectivity index (χ3v) is 5.35. The quantitative estimate of drug-likeness (QED) is 0.776. The number of nitrogens with one attached hydrogen (secondary N) is 1. The molecule has 0 spiro atoms. The molecular weight excluding hydrogens is 248 g/mol. The molecule has 0 aromatic heterocycles. The van der Waals surface area contributed by atoms with Crippen LogP contribution in [0.3, 0.4) is 0 Å². The third kappa shape index (κ3) is 4.19. The van der Waals surface area contributed by atoms with Crippen LogP contribution >= 0.6 is 0 Å². The topological polar surface area (TPSA) is 24.5 Å². The number of ether oxygens (including phenoxy) is 1. The second kappa shape index (κ2) is 7.77. The largest absolute Gasteiger partial charge is 0.378 e. The first-order valence-electron chi connectivity index (χ1n) is 8.78. The van der Waals surface area contributed by atoms with Crippen LogP contribution in [-0.2, 0) is 4.74 Å². The number of nitrogens with zero attached hydrogens (tertiary/aromatic N) is 1. The zero-order chi connectivity index (χ0) is 14.4. The lowest BCUT2D eigenvalue weighted by Gasteiger charge is -2.48. The summed E-state index contributed by atoms with van der Waals surface area (Å²) in [5, 5.41) is 3.76. The summed E-state index contributed by atoms with van der Waals surface area (Å²) in [5.41, 5.74) is 0.348. The monoisotopic (exact) mass is 282 g/mol. The fourth-order valence-electron chi connectivity index (χ4n) is 3.66. The third-order valence-electron chi connectivity index (χ3n) is 5.35. The van der Waals surface area contributed by atoms with Crippen molar-refractivity contribution in [3.05, 3.63) is 0 Å². The summed E-state index contributed by atoms with van der Waals surface area (Å²) in [4.78, 5) is 2.75.